The van der Waals surface area contributed by atoms with Gasteiger partial charge in [0, 0.05) is 38.3 Å². The molecule has 0 unspecified atom stereocenters. The van der Waals surface area contributed by atoms with Gasteiger partial charge in [0.25, 0.3) is 0 Å². The Morgan fingerprint density at radius 1 is 1.53 bits per heavy atom. The molecule has 1 aliphatic rings. The monoisotopic (exact) mass is 263 g/mol. The number of rotatable bonds is 3. The fraction of sp³-hybridized carbons (Fsp3) is 0.615. The van der Waals surface area contributed by atoms with Crippen LogP contribution >= 0.6 is 0 Å². The molecule has 1 aliphatic heterocycles. The third-order valence-electron chi connectivity index (χ3n) is 3.52. The molecule has 1 saturated heterocycles. The van der Waals surface area contributed by atoms with Crippen LogP contribution in [-0.2, 0) is 4.79 Å². The Labute approximate surface area is 113 Å². The van der Waals surface area contributed by atoms with Crippen molar-refractivity contribution >= 4 is 17.7 Å². The first-order chi connectivity index (χ1) is 9.06. The average molecular weight is 263 g/mol. The van der Waals surface area contributed by atoms with Crippen molar-refractivity contribution in [3.8, 4) is 0 Å². The Hall–Kier alpha value is -1.85. The molecule has 1 amide bonds. The molecule has 2 heterocycles. The van der Waals surface area contributed by atoms with Gasteiger partial charge in [-0.15, -0.1) is 0 Å². The maximum Gasteiger partial charge on any atom is 0.221 e. The largest absolute Gasteiger partial charge is 0.368 e. The number of nitrogens with one attached hydrogen (secondary N) is 1. The lowest BCUT2D eigenvalue weighted by atomic mass is 9.96. The molecule has 0 saturated carbocycles. The van der Waals surface area contributed by atoms with Crippen LogP contribution in [0.2, 0.25) is 0 Å². The standard InChI is InChI=1S/C13H21N5O/c1-9-7-16-13(14)17-12(9)18-5-3-11(4-6-18)8-15-10(2)19/h7,11H,3-6,8H2,1-2H3,(H,15,19)(H2,14,16,17). The van der Waals surface area contributed by atoms with E-state index in [9.17, 15) is 4.79 Å². The first-order valence-corrected chi connectivity index (χ1v) is 6.64. The first kappa shape index (κ1) is 13.6. The van der Waals surface area contributed by atoms with Crippen LogP contribution in [0.3, 0.4) is 0 Å². The van der Waals surface area contributed by atoms with Crippen molar-refractivity contribution in [2.75, 3.05) is 30.3 Å². The highest BCUT2D eigenvalue weighted by Gasteiger charge is 2.21. The maximum atomic E-state index is 10.9. The Balaban J connectivity index is 1.92. The van der Waals surface area contributed by atoms with E-state index in [4.69, 9.17) is 5.73 Å². The van der Waals surface area contributed by atoms with Crippen LogP contribution in [0.5, 0.6) is 0 Å². The van der Waals surface area contributed by atoms with E-state index < -0.39 is 0 Å². The number of nitrogens with two attached hydrogens (primary N) is 1. The van der Waals surface area contributed by atoms with E-state index in [-0.39, 0.29) is 5.91 Å². The molecule has 104 valence electrons. The SMILES string of the molecule is CC(=O)NCC1CCN(c2nc(N)ncc2C)CC1. The number of aryl methyl sites for hydroxylation is 1. The van der Waals surface area contributed by atoms with Crippen molar-refractivity contribution in [1.82, 2.24) is 15.3 Å². The summed E-state index contributed by atoms with van der Waals surface area (Å²) in [6.45, 7) is 6.22. The van der Waals surface area contributed by atoms with Gasteiger partial charge in [0.05, 0.1) is 0 Å². The van der Waals surface area contributed by atoms with Gasteiger partial charge in [0.1, 0.15) is 5.82 Å². The van der Waals surface area contributed by atoms with Gasteiger partial charge in [0.2, 0.25) is 11.9 Å². The van der Waals surface area contributed by atoms with Crippen LogP contribution in [0.4, 0.5) is 11.8 Å². The van der Waals surface area contributed by atoms with E-state index in [1.54, 1.807) is 13.1 Å². The molecule has 6 nitrogen and oxygen atoms in total. The lowest BCUT2D eigenvalue weighted by molar-refractivity contribution is -0.119. The molecule has 0 atom stereocenters. The van der Waals surface area contributed by atoms with Crippen LogP contribution in [0.1, 0.15) is 25.3 Å². The Kier molecular flexibility index (Phi) is 4.19. The van der Waals surface area contributed by atoms with Gasteiger partial charge in [-0.05, 0) is 25.7 Å². The van der Waals surface area contributed by atoms with E-state index in [2.05, 4.69) is 20.2 Å². The lowest BCUT2D eigenvalue weighted by Crippen LogP contribution is -2.39. The molecule has 6 heteroatoms. The zero-order chi connectivity index (χ0) is 13.8. The minimum atomic E-state index is 0.0434. The smallest absolute Gasteiger partial charge is 0.221 e. The first-order valence-electron chi connectivity index (χ1n) is 6.64. The topological polar surface area (TPSA) is 84.1 Å². The molecule has 0 radical (unpaired) electrons. The predicted molar refractivity (Wildman–Crippen MR) is 74.8 cm³/mol. The number of anilines is 2. The highest BCUT2D eigenvalue weighted by molar-refractivity contribution is 5.72. The van der Waals surface area contributed by atoms with E-state index in [1.165, 1.54) is 0 Å². The average Bonchev–Trinajstić information content (AvgIpc) is 2.40. The van der Waals surface area contributed by atoms with Crippen molar-refractivity contribution in [2.45, 2.75) is 26.7 Å². The van der Waals surface area contributed by atoms with Crippen molar-refractivity contribution < 1.29 is 4.79 Å². The minimum absolute atomic E-state index is 0.0434. The summed E-state index contributed by atoms with van der Waals surface area (Å²) in [4.78, 5) is 21.5. The second kappa shape index (κ2) is 5.86. The number of carbonyl (C=O) groups is 1. The molecule has 1 fully saturated rings. The summed E-state index contributed by atoms with van der Waals surface area (Å²) in [6.07, 6.45) is 3.88. The van der Waals surface area contributed by atoms with Crippen molar-refractivity contribution in [3.63, 3.8) is 0 Å². The molecule has 0 bridgehead atoms. The van der Waals surface area contributed by atoms with Gasteiger partial charge in [-0.25, -0.2) is 4.98 Å². The number of nitrogens with zero attached hydrogens (tertiary/aromatic N) is 3. The third kappa shape index (κ3) is 3.56. The summed E-state index contributed by atoms with van der Waals surface area (Å²) in [6, 6.07) is 0. The normalized spacial score (nSPS) is 16.4. The third-order valence-corrected chi connectivity index (χ3v) is 3.52. The van der Waals surface area contributed by atoms with Gasteiger partial charge in [-0.3, -0.25) is 4.79 Å². The summed E-state index contributed by atoms with van der Waals surface area (Å²) < 4.78 is 0. The molecular weight excluding hydrogens is 242 g/mol. The van der Waals surface area contributed by atoms with E-state index >= 15 is 0 Å². The zero-order valence-electron chi connectivity index (χ0n) is 11.5. The summed E-state index contributed by atoms with van der Waals surface area (Å²) >= 11 is 0. The van der Waals surface area contributed by atoms with Crippen LogP contribution in [0, 0.1) is 12.8 Å². The number of hydrogen-bond donors (Lipinski definition) is 2. The second-order valence-electron chi connectivity index (χ2n) is 5.10. The lowest BCUT2D eigenvalue weighted by Gasteiger charge is -2.33. The highest BCUT2D eigenvalue weighted by Crippen LogP contribution is 2.24. The quantitative estimate of drug-likeness (QED) is 0.839. The van der Waals surface area contributed by atoms with Gasteiger partial charge in [-0.1, -0.05) is 0 Å². The molecule has 1 aromatic heterocycles. The Morgan fingerprint density at radius 2 is 2.21 bits per heavy atom. The highest BCUT2D eigenvalue weighted by atomic mass is 16.1. The van der Waals surface area contributed by atoms with Gasteiger partial charge >= 0.3 is 0 Å². The van der Waals surface area contributed by atoms with Crippen LogP contribution in [-0.4, -0.2) is 35.5 Å². The molecule has 0 spiro atoms. The van der Waals surface area contributed by atoms with E-state index in [0.717, 1.165) is 43.9 Å². The fourth-order valence-electron chi connectivity index (χ4n) is 2.40. The molecule has 19 heavy (non-hydrogen) atoms. The number of aromatic nitrogens is 2. The molecule has 0 aromatic carbocycles. The number of hydrogen-bond acceptors (Lipinski definition) is 5. The molecule has 3 N–H and O–H groups in total. The van der Waals surface area contributed by atoms with Crippen LogP contribution in [0.25, 0.3) is 0 Å². The summed E-state index contributed by atoms with van der Waals surface area (Å²) in [5.74, 6) is 1.85. The van der Waals surface area contributed by atoms with Gasteiger partial charge < -0.3 is 16.0 Å². The predicted octanol–water partition coefficient (Wildman–Crippen LogP) is 0.720. The minimum Gasteiger partial charge on any atom is -0.368 e. The summed E-state index contributed by atoms with van der Waals surface area (Å²) in [5, 5.41) is 2.89. The van der Waals surface area contributed by atoms with Crippen LogP contribution < -0.4 is 16.0 Å². The van der Waals surface area contributed by atoms with E-state index in [0.29, 0.717) is 11.9 Å². The molecular formula is C13H21N5O. The Morgan fingerprint density at radius 3 is 2.84 bits per heavy atom. The maximum absolute atomic E-state index is 10.9. The molecule has 2 rings (SSSR count). The van der Waals surface area contributed by atoms with Crippen molar-refractivity contribution in [2.24, 2.45) is 5.92 Å². The Bertz CT molecular complexity index is 454. The number of nitrogen functional groups attached to an aromatic ring is 1. The summed E-state index contributed by atoms with van der Waals surface area (Å²) in [7, 11) is 0. The van der Waals surface area contributed by atoms with Crippen molar-refractivity contribution in [1.29, 1.82) is 0 Å². The fourth-order valence-corrected chi connectivity index (χ4v) is 2.40. The number of amides is 1. The van der Waals surface area contributed by atoms with E-state index in [1.807, 2.05) is 6.92 Å². The van der Waals surface area contributed by atoms with Gasteiger partial charge in [0.15, 0.2) is 0 Å². The van der Waals surface area contributed by atoms with Gasteiger partial charge in [-0.2, -0.15) is 4.98 Å². The number of carbonyl (C=O) groups excluding carboxylic acids is 1. The number of piperidine rings is 1. The van der Waals surface area contributed by atoms with Crippen molar-refractivity contribution in [3.05, 3.63) is 11.8 Å². The molecule has 0 aliphatic carbocycles. The second-order valence-corrected chi connectivity index (χ2v) is 5.10. The molecule has 1 aromatic rings. The summed E-state index contributed by atoms with van der Waals surface area (Å²) in [5.41, 5.74) is 6.70. The van der Waals surface area contributed by atoms with Crippen LogP contribution in [0.15, 0.2) is 6.20 Å². The zero-order valence-corrected chi connectivity index (χ0v) is 11.5.